The molecule has 0 aliphatic rings. The minimum absolute atomic E-state index is 0.120. The van der Waals surface area contributed by atoms with Crippen molar-refractivity contribution in [1.82, 2.24) is 5.32 Å². The Balaban J connectivity index is 2.03. The summed E-state index contributed by atoms with van der Waals surface area (Å²) in [6, 6.07) is 13.5. The summed E-state index contributed by atoms with van der Waals surface area (Å²) < 4.78 is 10.5. The number of carbonyl (C=O) groups is 1. The van der Waals surface area contributed by atoms with Gasteiger partial charge in [-0.2, -0.15) is 0 Å². The zero-order chi connectivity index (χ0) is 18.2. The number of nitrogens with two attached hydrogens (primary N) is 1. The van der Waals surface area contributed by atoms with Crippen molar-refractivity contribution < 1.29 is 14.3 Å². The number of hydrogen-bond donors (Lipinski definition) is 2. The van der Waals surface area contributed by atoms with Crippen molar-refractivity contribution in [2.45, 2.75) is 13.3 Å². The van der Waals surface area contributed by atoms with Crippen molar-refractivity contribution in [3.8, 4) is 11.5 Å². The van der Waals surface area contributed by atoms with Gasteiger partial charge in [0.15, 0.2) is 11.5 Å². The van der Waals surface area contributed by atoms with Crippen LogP contribution in [0, 0.1) is 0 Å². The van der Waals surface area contributed by atoms with E-state index in [9.17, 15) is 4.79 Å². The van der Waals surface area contributed by atoms with Gasteiger partial charge in [-0.15, -0.1) is 0 Å². The first kappa shape index (κ1) is 18.4. The molecule has 0 radical (unpaired) electrons. The maximum absolute atomic E-state index is 12.3. The summed E-state index contributed by atoms with van der Waals surface area (Å²) in [6.45, 7) is 2.34. The van der Waals surface area contributed by atoms with E-state index in [-0.39, 0.29) is 5.91 Å². The topological polar surface area (TPSA) is 73.6 Å². The quantitative estimate of drug-likeness (QED) is 0.600. The standard InChI is InChI=1S/C20H24N2O3/c1-14(20(23)22-10-9-15-7-5-4-6-8-15)11-16-12-18(24-2)19(25-3)13-17(16)21/h4-8,11-13H,9-10,21H2,1-3H3,(H,22,23)/b14-11+. The van der Waals surface area contributed by atoms with Crippen LogP contribution in [0.15, 0.2) is 48.0 Å². The maximum atomic E-state index is 12.3. The molecule has 2 rings (SSSR count). The normalized spacial score (nSPS) is 11.1. The van der Waals surface area contributed by atoms with Crippen LogP contribution in [-0.2, 0) is 11.2 Å². The van der Waals surface area contributed by atoms with Crippen LogP contribution < -0.4 is 20.5 Å². The number of anilines is 1. The molecule has 2 aromatic carbocycles. The maximum Gasteiger partial charge on any atom is 0.246 e. The number of methoxy groups -OCH3 is 2. The molecule has 0 aliphatic carbocycles. The minimum Gasteiger partial charge on any atom is -0.493 e. The predicted molar refractivity (Wildman–Crippen MR) is 101 cm³/mol. The molecule has 0 aliphatic heterocycles. The Morgan fingerprint density at radius 1 is 1.12 bits per heavy atom. The summed E-state index contributed by atoms with van der Waals surface area (Å²) in [5.41, 5.74) is 9.04. The van der Waals surface area contributed by atoms with Gasteiger partial charge < -0.3 is 20.5 Å². The molecule has 0 fully saturated rings. The van der Waals surface area contributed by atoms with Gasteiger partial charge in [-0.3, -0.25) is 4.79 Å². The van der Waals surface area contributed by atoms with E-state index in [4.69, 9.17) is 15.2 Å². The molecule has 0 saturated heterocycles. The number of hydrogen-bond acceptors (Lipinski definition) is 4. The fourth-order valence-corrected chi connectivity index (χ4v) is 2.44. The zero-order valence-corrected chi connectivity index (χ0v) is 14.8. The van der Waals surface area contributed by atoms with Crippen LogP contribution in [0.3, 0.4) is 0 Å². The Morgan fingerprint density at radius 3 is 2.40 bits per heavy atom. The Morgan fingerprint density at radius 2 is 1.76 bits per heavy atom. The molecule has 0 atom stereocenters. The van der Waals surface area contributed by atoms with Crippen molar-refractivity contribution in [2.24, 2.45) is 0 Å². The predicted octanol–water partition coefficient (Wildman–Crippen LogP) is 3.05. The molecule has 3 N–H and O–H groups in total. The fourth-order valence-electron chi connectivity index (χ4n) is 2.44. The Bertz CT molecular complexity index is 755. The molecule has 0 bridgehead atoms. The van der Waals surface area contributed by atoms with Crippen LogP contribution in [0.5, 0.6) is 11.5 Å². The van der Waals surface area contributed by atoms with Gasteiger partial charge >= 0.3 is 0 Å². The largest absolute Gasteiger partial charge is 0.493 e. The lowest BCUT2D eigenvalue weighted by Crippen LogP contribution is -2.26. The van der Waals surface area contributed by atoms with Gasteiger partial charge in [0, 0.05) is 29.4 Å². The monoisotopic (exact) mass is 340 g/mol. The van der Waals surface area contributed by atoms with E-state index in [1.165, 1.54) is 5.56 Å². The molecule has 0 saturated carbocycles. The van der Waals surface area contributed by atoms with Crippen LogP contribution >= 0.6 is 0 Å². The first-order chi connectivity index (χ1) is 12.0. The van der Waals surface area contributed by atoms with E-state index < -0.39 is 0 Å². The summed E-state index contributed by atoms with van der Waals surface area (Å²) in [7, 11) is 3.11. The second-order valence-electron chi connectivity index (χ2n) is 5.65. The number of nitrogens with one attached hydrogen (secondary N) is 1. The molecule has 0 unspecified atom stereocenters. The van der Waals surface area contributed by atoms with Crippen LogP contribution in [0.2, 0.25) is 0 Å². The van der Waals surface area contributed by atoms with Gasteiger partial charge in [0.25, 0.3) is 0 Å². The van der Waals surface area contributed by atoms with Crippen LogP contribution in [0.1, 0.15) is 18.1 Å². The molecule has 2 aromatic rings. The highest BCUT2D eigenvalue weighted by atomic mass is 16.5. The third-order valence-corrected chi connectivity index (χ3v) is 3.86. The SMILES string of the molecule is COc1cc(N)c(/C=C(\C)C(=O)NCCc2ccccc2)cc1OC. The third kappa shape index (κ3) is 5.01. The van der Waals surface area contributed by atoms with Crippen molar-refractivity contribution in [1.29, 1.82) is 0 Å². The van der Waals surface area contributed by atoms with Gasteiger partial charge in [0.2, 0.25) is 5.91 Å². The van der Waals surface area contributed by atoms with E-state index in [0.29, 0.717) is 34.9 Å². The first-order valence-corrected chi connectivity index (χ1v) is 8.07. The Labute approximate surface area is 148 Å². The number of carbonyl (C=O) groups excluding carboxylic acids is 1. The molecule has 0 spiro atoms. The summed E-state index contributed by atoms with van der Waals surface area (Å²) >= 11 is 0. The third-order valence-electron chi connectivity index (χ3n) is 3.86. The second-order valence-corrected chi connectivity index (χ2v) is 5.65. The molecular formula is C20H24N2O3. The molecule has 5 heteroatoms. The van der Waals surface area contributed by atoms with Gasteiger partial charge in [-0.25, -0.2) is 0 Å². The lowest BCUT2D eigenvalue weighted by molar-refractivity contribution is -0.117. The summed E-state index contributed by atoms with van der Waals surface area (Å²) in [5, 5.41) is 2.92. The summed E-state index contributed by atoms with van der Waals surface area (Å²) in [6.07, 6.45) is 2.54. The first-order valence-electron chi connectivity index (χ1n) is 8.07. The fraction of sp³-hybridized carbons (Fsp3) is 0.250. The van der Waals surface area contributed by atoms with E-state index >= 15 is 0 Å². The zero-order valence-electron chi connectivity index (χ0n) is 14.8. The van der Waals surface area contributed by atoms with Crippen molar-refractivity contribution in [2.75, 3.05) is 26.5 Å². The average molecular weight is 340 g/mol. The van der Waals surface area contributed by atoms with Gasteiger partial charge in [-0.1, -0.05) is 30.3 Å². The highest BCUT2D eigenvalue weighted by molar-refractivity contribution is 5.98. The summed E-state index contributed by atoms with van der Waals surface area (Å²) in [5.74, 6) is 1.01. The smallest absolute Gasteiger partial charge is 0.246 e. The number of ether oxygens (including phenoxy) is 2. The molecule has 0 heterocycles. The average Bonchev–Trinajstić information content (AvgIpc) is 2.63. The van der Waals surface area contributed by atoms with Gasteiger partial charge in [-0.05, 0) is 31.1 Å². The lowest BCUT2D eigenvalue weighted by atomic mass is 10.1. The molecule has 25 heavy (non-hydrogen) atoms. The molecule has 0 aromatic heterocycles. The highest BCUT2D eigenvalue weighted by Gasteiger charge is 2.10. The van der Waals surface area contributed by atoms with Crippen LogP contribution in [0.25, 0.3) is 6.08 Å². The second kappa shape index (κ2) is 8.78. The molecule has 5 nitrogen and oxygen atoms in total. The number of rotatable bonds is 7. The molecule has 1 amide bonds. The Kier molecular flexibility index (Phi) is 6.46. The summed E-state index contributed by atoms with van der Waals surface area (Å²) in [4.78, 5) is 12.3. The van der Waals surface area contributed by atoms with Crippen molar-refractivity contribution >= 4 is 17.7 Å². The molecular weight excluding hydrogens is 316 g/mol. The minimum atomic E-state index is -0.120. The van der Waals surface area contributed by atoms with Crippen molar-refractivity contribution in [3.63, 3.8) is 0 Å². The Hall–Kier alpha value is -2.95. The van der Waals surface area contributed by atoms with Gasteiger partial charge in [0.1, 0.15) is 0 Å². The van der Waals surface area contributed by atoms with E-state index in [1.807, 2.05) is 30.3 Å². The molecule has 132 valence electrons. The van der Waals surface area contributed by atoms with Crippen molar-refractivity contribution in [3.05, 3.63) is 59.2 Å². The van der Waals surface area contributed by atoms with E-state index in [0.717, 1.165) is 6.42 Å². The van der Waals surface area contributed by atoms with Crippen LogP contribution in [-0.4, -0.2) is 26.7 Å². The highest BCUT2D eigenvalue weighted by Crippen LogP contribution is 2.32. The van der Waals surface area contributed by atoms with E-state index in [2.05, 4.69) is 5.32 Å². The van der Waals surface area contributed by atoms with Crippen LogP contribution in [0.4, 0.5) is 5.69 Å². The van der Waals surface area contributed by atoms with Gasteiger partial charge in [0.05, 0.1) is 14.2 Å². The number of benzene rings is 2. The van der Waals surface area contributed by atoms with E-state index in [1.54, 1.807) is 39.4 Å². The number of amides is 1. The number of nitrogen functional groups attached to an aromatic ring is 1. The lowest BCUT2D eigenvalue weighted by Gasteiger charge is -2.11.